The summed E-state index contributed by atoms with van der Waals surface area (Å²) in [5, 5.41) is 11.2. The first-order valence-corrected chi connectivity index (χ1v) is 11.1. The van der Waals surface area contributed by atoms with Crippen LogP contribution in [0.1, 0.15) is 43.5 Å². The summed E-state index contributed by atoms with van der Waals surface area (Å²) >= 11 is 0. The van der Waals surface area contributed by atoms with Crippen LogP contribution in [0.3, 0.4) is 0 Å². The Morgan fingerprint density at radius 2 is 1.93 bits per heavy atom. The van der Waals surface area contributed by atoms with Crippen LogP contribution in [0.2, 0.25) is 0 Å². The van der Waals surface area contributed by atoms with Gasteiger partial charge < -0.3 is 14.8 Å². The molecule has 2 aliphatic rings. The molecule has 1 atom stereocenters. The van der Waals surface area contributed by atoms with Crippen LogP contribution in [-0.4, -0.2) is 53.5 Å². The van der Waals surface area contributed by atoms with E-state index in [1.165, 1.54) is 25.0 Å². The van der Waals surface area contributed by atoms with E-state index in [-0.39, 0.29) is 16.8 Å². The molecule has 8 nitrogen and oxygen atoms in total. The monoisotopic (exact) mass is 389 g/mol. The fraction of sp³-hybridized carbons (Fsp3) is 0.500. The minimum atomic E-state index is -3.25. The number of benzene rings is 1. The van der Waals surface area contributed by atoms with Gasteiger partial charge in [0.25, 0.3) is 0 Å². The first-order chi connectivity index (χ1) is 12.9. The molecular weight excluding hydrogens is 366 g/mol. The highest BCUT2D eigenvalue weighted by atomic mass is 32.2. The van der Waals surface area contributed by atoms with Crippen molar-refractivity contribution in [2.75, 3.05) is 24.7 Å². The van der Waals surface area contributed by atoms with Crippen LogP contribution in [0.25, 0.3) is 0 Å². The van der Waals surface area contributed by atoms with Crippen molar-refractivity contribution in [3.63, 3.8) is 0 Å². The van der Waals surface area contributed by atoms with E-state index in [2.05, 4.69) is 20.1 Å². The molecule has 0 bridgehead atoms. The van der Waals surface area contributed by atoms with Crippen molar-refractivity contribution in [1.82, 2.24) is 19.7 Å². The van der Waals surface area contributed by atoms with Crippen LogP contribution in [0.5, 0.6) is 0 Å². The molecule has 1 unspecified atom stereocenters. The second-order valence-corrected chi connectivity index (χ2v) is 9.36. The van der Waals surface area contributed by atoms with Crippen LogP contribution >= 0.6 is 0 Å². The number of sulfone groups is 1. The van der Waals surface area contributed by atoms with Gasteiger partial charge in [0.05, 0.1) is 4.90 Å². The Bertz CT molecular complexity index is 934. The molecule has 2 heterocycles. The number of carbonyl (C=O) groups excluding carboxylic acids is 1. The van der Waals surface area contributed by atoms with Crippen LogP contribution in [0.4, 0.5) is 10.5 Å². The van der Waals surface area contributed by atoms with Crippen molar-refractivity contribution in [1.29, 1.82) is 0 Å². The van der Waals surface area contributed by atoms with Gasteiger partial charge in [-0.2, -0.15) is 0 Å². The number of amides is 2. The molecule has 9 heteroatoms. The Kier molecular flexibility index (Phi) is 4.63. The maximum atomic E-state index is 12.6. The Morgan fingerprint density at radius 1 is 1.19 bits per heavy atom. The molecule has 0 spiro atoms. The summed E-state index contributed by atoms with van der Waals surface area (Å²) in [5.74, 6) is 1.17. The van der Waals surface area contributed by atoms with E-state index >= 15 is 0 Å². The van der Waals surface area contributed by atoms with E-state index in [9.17, 15) is 13.2 Å². The zero-order valence-electron chi connectivity index (χ0n) is 15.2. The molecule has 1 aromatic carbocycles. The highest BCUT2D eigenvalue weighted by Gasteiger charge is 2.32. The van der Waals surface area contributed by atoms with Gasteiger partial charge in [0.2, 0.25) is 0 Å². The number of anilines is 1. The highest BCUT2D eigenvalue weighted by Crippen LogP contribution is 2.38. The molecule has 1 saturated heterocycles. The van der Waals surface area contributed by atoms with Crippen LogP contribution in [0, 0.1) is 0 Å². The Balaban J connectivity index is 1.42. The fourth-order valence-corrected chi connectivity index (χ4v) is 4.17. The fourth-order valence-electron chi connectivity index (χ4n) is 3.54. The van der Waals surface area contributed by atoms with Gasteiger partial charge in [-0.1, -0.05) is 0 Å². The van der Waals surface area contributed by atoms with Gasteiger partial charge in [-0.05, 0) is 49.9 Å². The Labute approximate surface area is 158 Å². The zero-order valence-corrected chi connectivity index (χ0v) is 16.0. The lowest BCUT2D eigenvalue weighted by Crippen LogP contribution is -2.42. The van der Waals surface area contributed by atoms with Gasteiger partial charge in [-0.15, -0.1) is 10.2 Å². The number of nitrogens with one attached hydrogen (secondary N) is 1. The highest BCUT2D eigenvalue weighted by molar-refractivity contribution is 7.90. The average molecular weight is 389 g/mol. The predicted octanol–water partition coefficient (Wildman–Crippen LogP) is 2.43. The van der Waals surface area contributed by atoms with Crippen LogP contribution in [0.15, 0.2) is 35.5 Å². The minimum Gasteiger partial charge on any atom is -0.324 e. The summed E-state index contributed by atoms with van der Waals surface area (Å²) in [6.45, 7) is 1.31. The molecule has 1 aliphatic carbocycles. The van der Waals surface area contributed by atoms with E-state index in [4.69, 9.17) is 0 Å². The summed E-state index contributed by atoms with van der Waals surface area (Å²) in [6.07, 6.45) is 7.22. The molecule has 1 saturated carbocycles. The average Bonchev–Trinajstić information content (AvgIpc) is 3.38. The Hall–Kier alpha value is -2.42. The van der Waals surface area contributed by atoms with E-state index < -0.39 is 9.84 Å². The smallest absolute Gasteiger partial charge is 0.321 e. The third-order valence-electron chi connectivity index (χ3n) is 5.15. The van der Waals surface area contributed by atoms with Gasteiger partial charge in [-0.25, -0.2) is 13.2 Å². The van der Waals surface area contributed by atoms with E-state index in [1.807, 2.05) is 0 Å². The number of piperidine rings is 1. The molecule has 1 aliphatic heterocycles. The molecule has 0 radical (unpaired) electrons. The first-order valence-electron chi connectivity index (χ1n) is 9.17. The molecule has 2 aromatic rings. The maximum Gasteiger partial charge on any atom is 0.321 e. The summed E-state index contributed by atoms with van der Waals surface area (Å²) in [5.41, 5.74) is 0.579. The zero-order chi connectivity index (χ0) is 19.0. The topological polar surface area (TPSA) is 97.2 Å². The number of hydrogen-bond donors (Lipinski definition) is 1. The number of nitrogens with zero attached hydrogens (tertiary/aromatic N) is 4. The summed E-state index contributed by atoms with van der Waals surface area (Å²) in [4.78, 5) is 14.7. The maximum absolute atomic E-state index is 12.6. The normalized spacial score (nSPS) is 20.5. The third-order valence-corrected chi connectivity index (χ3v) is 6.28. The van der Waals surface area contributed by atoms with Crippen molar-refractivity contribution in [3.8, 4) is 0 Å². The van der Waals surface area contributed by atoms with Crippen molar-refractivity contribution in [2.24, 2.45) is 0 Å². The summed E-state index contributed by atoms with van der Waals surface area (Å²) < 4.78 is 25.2. The number of urea groups is 1. The van der Waals surface area contributed by atoms with Gasteiger partial charge in [-0.3, -0.25) is 0 Å². The molecule has 144 valence electrons. The number of rotatable bonds is 4. The van der Waals surface area contributed by atoms with Crippen LogP contribution < -0.4 is 5.32 Å². The summed E-state index contributed by atoms with van der Waals surface area (Å²) in [7, 11) is -3.25. The van der Waals surface area contributed by atoms with E-state index in [1.54, 1.807) is 23.4 Å². The lowest BCUT2D eigenvalue weighted by atomic mass is 9.97. The van der Waals surface area contributed by atoms with Crippen molar-refractivity contribution in [3.05, 3.63) is 36.4 Å². The SMILES string of the molecule is CS(=O)(=O)c1ccc(NC(=O)N2CCCC(c3nncn3C3CC3)C2)cc1. The van der Waals surface area contributed by atoms with Gasteiger partial charge in [0, 0.05) is 37.0 Å². The number of likely N-dealkylation sites (tertiary alicyclic amines) is 1. The van der Waals surface area contributed by atoms with Crippen molar-refractivity contribution >= 4 is 21.6 Å². The minimum absolute atomic E-state index is 0.177. The quantitative estimate of drug-likeness (QED) is 0.866. The second kappa shape index (κ2) is 6.95. The van der Waals surface area contributed by atoms with Gasteiger partial charge in [0.1, 0.15) is 12.2 Å². The van der Waals surface area contributed by atoms with E-state index in [0.717, 1.165) is 24.9 Å². The largest absolute Gasteiger partial charge is 0.324 e. The van der Waals surface area contributed by atoms with E-state index in [0.29, 0.717) is 24.8 Å². The number of hydrogen-bond acceptors (Lipinski definition) is 5. The Morgan fingerprint density at radius 3 is 2.59 bits per heavy atom. The molecule has 1 N–H and O–H groups in total. The number of aromatic nitrogens is 3. The predicted molar refractivity (Wildman–Crippen MR) is 100 cm³/mol. The van der Waals surface area contributed by atoms with Crippen LogP contribution in [-0.2, 0) is 9.84 Å². The molecule has 1 aromatic heterocycles. The number of carbonyl (C=O) groups is 1. The van der Waals surface area contributed by atoms with Gasteiger partial charge in [0.15, 0.2) is 9.84 Å². The molecular formula is C18H23N5O3S. The third kappa shape index (κ3) is 3.97. The lowest BCUT2D eigenvalue weighted by Gasteiger charge is -2.32. The van der Waals surface area contributed by atoms with Crippen molar-refractivity contribution in [2.45, 2.75) is 42.5 Å². The standard InChI is InChI=1S/C18H23N5O3S/c1-27(25,26)16-8-4-14(5-9-16)20-18(24)22-10-2-3-13(11-22)17-21-19-12-23(17)15-6-7-15/h4-5,8-9,12-13,15H,2-3,6-7,10-11H2,1H3,(H,20,24). The first kappa shape index (κ1) is 18.0. The summed E-state index contributed by atoms with van der Waals surface area (Å²) in [6, 6.07) is 6.57. The van der Waals surface area contributed by atoms with Gasteiger partial charge >= 0.3 is 6.03 Å². The van der Waals surface area contributed by atoms with Crippen molar-refractivity contribution < 1.29 is 13.2 Å². The lowest BCUT2D eigenvalue weighted by molar-refractivity contribution is 0.190. The molecule has 2 amide bonds. The molecule has 4 rings (SSSR count). The molecule has 27 heavy (non-hydrogen) atoms. The second-order valence-electron chi connectivity index (χ2n) is 7.34. The molecule has 2 fully saturated rings.